The van der Waals surface area contributed by atoms with E-state index < -0.39 is 22.3 Å². The normalized spacial score (nSPS) is 25.3. The lowest BCUT2D eigenvalue weighted by Crippen LogP contribution is -2.34. The van der Waals surface area contributed by atoms with Crippen LogP contribution in [0.4, 0.5) is 0 Å². The molecule has 1 aromatic rings. The number of nitro groups is 1. The zero-order valence-corrected chi connectivity index (χ0v) is 10.1. The average molecular weight is 251 g/mol. The summed E-state index contributed by atoms with van der Waals surface area (Å²) in [4.78, 5) is 22.1. The lowest BCUT2D eigenvalue weighted by atomic mass is 10.1. The molecule has 1 saturated carbocycles. The molecule has 0 saturated heterocycles. The number of hydrogen-bond donors (Lipinski definition) is 0. The molecule has 1 aliphatic carbocycles. The third-order valence-electron chi connectivity index (χ3n) is 3.31. The predicted octanol–water partition coefficient (Wildman–Crippen LogP) is 1.37. The molecule has 0 heterocycles. The molecule has 0 amide bonds. The summed E-state index contributed by atoms with van der Waals surface area (Å²) >= 11 is 0. The highest BCUT2D eigenvalue weighted by molar-refractivity contribution is 5.85. The van der Waals surface area contributed by atoms with E-state index in [2.05, 4.69) is 4.74 Å². The first-order chi connectivity index (χ1) is 8.56. The van der Waals surface area contributed by atoms with Crippen LogP contribution in [0.1, 0.15) is 17.9 Å². The molecule has 2 rings (SSSR count). The van der Waals surface area contributed by atoms with E-state index in [1.54, 1.807) is 31.4 Å². The minimum atomic E-state index is -1.61. The van der Waals surface area contributed by atoms with Crippen LogP contribution in [0, 0.1) is 10.1 Å². The van der Waals surface area contributed by atoms with Gasteiger partial charge in [-0.1, -0.05) is 12.1 Å². The Balaban J connectivity index is 2.26. The maximum atomic E-state index is 11.6. The van der Waals surface area contributed by atoms with E-state index >= 15 is 0 Å². The van der Waals surface area contributed by atoms with E-state index in [1.165, 1.54) is 0 Å². The number of methoxy groups -OCH3 is 2. The molecule has 0 unspecified atom stereocenters. The molecule has 0 aliphatic heterocycles. The summed E-state index contributed by atoms with van der Waals surface area (Å²) in [6, 6.07) is 6.90. The third kappa shape index (κ3) is 1.70. The molecule has 0 radical (unpaired) electrons. The van der Waals surface area contributed by atoms with E-state index in [1.807, 2.05) is 0 Å². The fourth-order valence-corrected chi connectivity index (χ4v) is 2.16. The zero-order valence-electron chi connectivity index (χ0n) is 10.1. The molecule has 2 atom stereocenters. The Morgan fingerprint density at radius 2 is 2.00 bits per heavy atom. The fraction of sp³-hybridized carbons (Fsp3) is 0.417. The van der Waals surface area contributed by atoms with Gasteiger partial charge >= 0.3 is 11.5 Å². The maximum absolute atomic E-state index is 11.6. The van der Waals surface area contributed by atoms with Gasteiger partial charge in [-0.3, -0.25) is 10.1 Å². The molecular formula is C12H13NO5. The van der Waals surface area contributed by atoms with Crippen molar-refractivity contribution in [1.29, 1.82) is 0 Å². The highest BCUT2D eigenvalue weighted by Crippen LogP contribution is 2.54. The predicted molar refractivity (Wildman–Crippen MR) is 62.1 cm³/mol. The first kappa shape index (κ1) is 12.3. The summed E-state index contributed by atoms with van der Waals surface area (Å²) in [6.45, 7) is 0. The van der Waals surface area contributed by atoms with Gasteiger partial charge in [0.25, 0.3) is 0 Å². The summed E-state index contributed by atoms with van der Waals surface area (Å²) in [7, 11) is 2.71. The first-order valence-corrected chi connectivity index (χ1v) is 5.43. The smallest absolute Gasteiger partial charge is 0.385 e. The van der Waals surface area contributed by atoms with Crippen LogP contribution in [-0.4, -0.2) is 30.7 Å². The Kier molecular flexibility index (Phi) is 2.94. The molecule has 96 valence electrons. The topological polar surface area (TPSA) is 78.7 Å². The molecule has 0 aromatic heterocycles. The number of carbonyl (C=O) groups excluding carboxylic acids is 1. The van der Waals surface area contributed by atoms with E-state index in [0.29, 0.717) is 5.75 Å². The lowest BCUT2D eigenvalue weighted by molar-refractivity contribution is -0.526. The number of benzene rings is 1. The summed E-state index contributed by atoms with van der Waals surface area (Å²) < 4.78 is 9.54. The van der Waals surface area contributed by atoms with Crippen molar-refractivity contribution < 1.29 is 19.2 Å². The van der Waals surface area contributed by atoms with E-state index in [9.17, 15) is 14.9 Å². The second-order valence-electron chi connectivity index (χ2n) is 4.20. The van der Waals surface area contributed by atoms with Crippen LogP contribution in [0.25, 0.3) is 0 Å². The van der Waals surface area contributed by atoms with E-state index in [0.717, 1.165) is 12.7 Å². The monoisotopic (exact) mass is 251 g/mol. The second kappa shape index (κ2) is 4.29. The summed E-state index contributed by atoms with van der Waals surface area (Å²) in [5.41, 5.74) is -0.860. The molecule has 6 heteroatoms. The van der Waals surface area contributed by atoms with E-state index in [4.69, 9.17) is 4.74 Å². The van der Waals surface area contributed by atoms with Crippen molar-refractivity contribution in [2.45, 2.75) is 17.9 Å². The minimum absolute atomic E-state index is 0.180. The summed E-state index contributed by atoms with van der Waals surface area (Å²) in [5.74, 6) is -0.539. The van der Waals surface area contributed by atoms with Crippen molar-refractivity contribution in [3.8, 4) is 5.75 Å². The lowest BCUT2D eigenvalue weighted by Gasteiger charge is -2.07. The van der Waals surface area contributed by atoms with Crippen LogP contribution in [0.3, 0.4) is 0 Å². The van der Waals surface area contributed by atoms with Crippen LogP contribution < -0.4 is 4.74 Å². The van der Waals surface area contributed by atoms with Crippen molar-refractivity contribution in [1.82, 2.24) is 0 Å². The molecule has 6 nitrogen and oxygen atoms in total. The van der Waals surface area contributed by atoms with Crippen molar-refractivity contribution in [2.24, 2.45) is 0 Å². The first-order valence-electron chi connectivity index (χ1n) is 5.43. The number of rotatable bonds is 4. The van der Waals surface area contributed by atoms with Crippen LogP contribution in [0.15, 0.2) is 24.3 Å². The van der Waals surface area contributed by atoms with Gasteiger partial charge in [0, 0.05) is 11.3 Å². The molecule has 0 bridgehead atoms. The molecule has 18 heavy (non-hydrogen) atoms. The Hall–Kier alpha value is -2.11. The highest BCUT2D eigenvalue weighted by atomic mass is 16.6. The largest absolute Gasteiger partial charge is 0.497 e. The molecule has 1 fully saturated rings. The van der Waals surface area contributed by atoms with E-state index in [-0.39, 0.29) is 6.42 Å². The van der Waals surface area contributed by atoms with Crippen LogP contribution in [0.5, 0.6) is 5.75 Å². The second-order valence-corrected chi connectivity index (χ2v) is 4.20. The Morgan fingerprint density at radius 3 is 2.44 bits per heavy atom. The Bertz CT molecular complexity index is 484. The summed E-state index contributed by atoms with van der Waals surface area (Å²) in [5, 5.41) is 11.1. The van der Waals surface area contributed by atoms with Gasteiger partial charge in [0.2, 0.25) is 0 Å². The highest BCUT2D eigenvalue weighted by Gasteiger charge is 2.73. The zero-order chi connectivity index (χ0) is 13.3. The van der Waals surface area contributed by atoms with Crippen LogP contribution in [0.2, 0.25) is 0 Å². The molecule has 1 aromatic carbocycles. The standard InChI is InChI=1S/C12H13NO5/c1-17-9-5-3-8(4-6-9)10-7-12(10,13(15)16)11(14)18-2/h3-6,10H,7H2,1-2H3/t10-,12+/m0/s1. The van der Waals surface area contributed by atoms with Crippen molar-refractivity contribution >= 4 is 5.97 Å². The maximum Gasteiger partial charge on any atom is 0.385 e. The average Bonchev–Trinajstić information content (AvgIpc) is 3.14. The van der Waals surface area contributed by atoms with Gasteiger partial charge in [-0.25, -0.2) is 4.79 Å². The van der Waals surface area contributed by atoms with Gasteiger partial charge in [-0.05, 0) is 17.7 Å². The minimum Gasteiger partial charge on any atom is -0.497 e. The molecule has 1 aliphatic rings. The van der Waals surface area contributed by atoms with Crippen LogP contribution in [-0.2, 0) is 9.53 Å². The number of carbonyl (C=O) groups is 1. The molecule has 0 spiro atoms. The van der Waals surface area contributed by atoms with Gasteiger partial charge in [0.15, 0.2) is 0 Å². The van der Waals surface area contributed by atoms with Gasteiger partial charge < -0.3 is 9.47 Å². The van der Waals surface area contributed by atoms with Gasteiger partial charge in [-0.2, -0.15) is 0 Å². The number of nitrogens with zero attached hydrogens (tertiary/aromatic N) is 1. The van der Waals surface area contributed by atoms with Crippen molar-refractivity contribution in [3.63, 3.8) is 0 Å². The Labute approximate surface area is 104 Å². The summed E-state index contributed by atoms with van der Waals surface area (Å²) in [6.07, 6.45) is 0.180. The van der Waals surface area contributed by atoms with Gasteiger partial charge in [-0.15, -0.1) is 0 Å². The number of esters is 1. The molecule has 0 N–H and O–H groups in total. The van der Waals surface area contributed by atoms with Crippen molar-refractivity contribution in [3.05, 3.63) is 39.9 Å². The van der Waals surface area contributed by atoms with Gasteiger partial charge in [0.05, 0.1) is 20.1 Å². The van der Waals surface area contributed by atoms with Gasteiger partial charge in [0.1, 0.15) is 5.75 Å². The SMILES string of the molecule is COC(=O)[C@@]1([N+](=O)[O-])C[C@H]1c1ccc(OC)cc1. The number of ether oxygens (including phenoxy) is 2. The fourth-order valence-electron chi connectivity index (χ4n) is 2.16. The molecular weight excluding hydrogens is 238 g/mol. The Morgan fingerprint density at radius 1 is 1.39 bits per heavy atom. The third-order valence-corrected chi connectivity index (χ3v) is 3.31. The van der Waals surface area contributed by atoms with Crippen molar-refractivity contribution in [2.75, 3.05) is 14.2 Å². The quantitative estimate of drug-likeness (QED) is 0.458. The number of hydrogen-bond acceptors (Lipinski definition) is 5. The van der Waals surface area contributed by atoms with Crippen LogP contribution >= 0.6 is 0 Å².